The Morgan fingerprint density at radius 2 is 0.867 bits per heavy atom. The number of hydrogen-bond donors (Lipinski definition) is 4. The molecule has 0 radical (unpaired) electrons. The molecule has 1 aliphatic heterocycles. The van der Waals surface area contributed by atoms with Crippen molar-refractivity contribution < 1.29 is 39.6 Å². The van der Waals surface area contributed by atoms with Crippen LogP contribution in [0.15, 0.2) is 8.25 Å². The molecule has 0 bridgehead atoms. The van der Waals surface area contributed by atoms with Crippen LogP contribution in [0.2, 0.25) is 0 Å². The number of carbonyl (C=O) groups is 4. The predicted octanol–water partition coefficient (Wildman–Crippen LogP) is 1.03. The van der Waals surface area contributed by atoms with Gasteiger partial charge in [-0.05, 0) is 0 Å². The Balaban J connectivity index is 3.88. The van der Waals surface area contributed by atoms with Crippen LogP contribution in [-0.4, -0.2) is 51.9 Å². The summed E-state index contributed by atoms with van der Waals surface area (Å²) in [6.45, 7) is 0. The molecule has 0 atom stereocenters. The third-order valence-electron chi connectivity index (χ3n) is 2.53. The first kappa shape index (κ1) is 11.5. The summed E-state index contributed by atoms with van der Waals surface area (Å²) in [5.41, 5.74) is 0. The molecule has 0 aromatic rings. The molecular formula is C6H6O8Te. The summed E-state index contributed by atoms with van der Waals surface area (Å²) in [5, 5.41) is 35.2. The molecule has 8 nitrogen and oxygen atoms in total. The van der Waals surface area contributed by atoms with Gasteiger partial charge in [-0.1, -0.05) is 0 Å². The van der Waals surface area contributed by atoms with Crippen molar-refractivity contribution in [3.63, 3.8) is 0 Å². The summed E-state index contributed by atoms with van der Waals surface area (Å²) in [6, 6.07) is 0. The first-order chi connectivity index (χ1) is 6.64. The molecule has 84 valence electrons. The van der Waals surface area contributed by atoms with Gasteiger partial charge < -0.3 is 0 Å². The molecule has 1 aliphatic rings. The summed E-state index contributed by atoms with van der Waals surface area (Å²) in [6.07, 6.45) is 0. The second-order valence-electron chi connectivity index (χ2n) is 3.03. The zero-order valence-electron chi connectivity index (χ0n) is 6.98. The van der Waals surface area contributed by atoms with E-state index in [2.05, 4.69) is 0 Å². The van der Waals surface area contributed by atoms with Crippen molar-refractivity contribution in [1.29, 1.82) is 0 Å². The van der Waals surface area contributed by atoms with E-state index in [0.29, 0.717) is 8.25 Å². The number of carboxylic acid groups (broad SMARTS) is 4. The van der Waals surface area contributed by atoms with E-state index >= 15 is 0 Å². The van der Waals surface area contributed by atoms with E-state index in [-0.39, 0.29) is 0 Å². The van der Waals surface area contributed by atoms with E-state index in [9.17, 15) is 19.2 Å². The van der Waals surface area contributed by atoms with Gasteiger partial charge in [0.05, 0.1) is 0 Å². The molecule has 0 fully saturated rings. The van der Waals surface area contributed by atoms with E-state index < -0.39 is 31.5 Å². The van der Waals surface area contributed by atoms with Crippen LogP contribution >= 0.6 is 0 Å². The van der Waals surface area contributed by atoms with E-state index in [1.165, 1.54) is 0 Å². The van der Waals surface area contributed by atoms with Crippen LogP contribution in [0.4, 0.5) is 19.2 Å². The maximum absolute atomic E-state index is 10.9. The van der Waals surface area contributed by atoms with Crippen LogP contribution < -0.4 is 0 Å². The van der Waals surface area contributed by atoms with Gasteiger partial charge in [-0.25, -0.2) is 0 Å². The van der Waals surface area contributed by atoms with Gasteiger partial charge in [-0.3, -0.25) is 0 Å². The topological polar surface area (TPSA) is 149 Å². The molecule has 0 aromatic carbocycles. The molecule has 0 spiro atoms. The average Bonchev–Trinajstić information content (AvgIpc) is 2.78. The van der Waals surface area contributed by atoms with Crippen LogP contribution in [0.5, 0.6) is 0 Å². The second kappa shape index (κ2) is 2.15. The van der Waals surface area contributed by atoms with Crippen molar-refractivity contribution in [3.05, 3.63) is 8.25 Å². The monoisotopic (exact) mass is 336 g/mol. The van der Waals surface area contributed by atoms with Gasteiger partial charge in [0.1, 0.15) is 0 Å². The Bertz CT molecular complexity index is 388. The van der Waals surface area contributed by atoms with Crippen LogP contribution in [0.3, 0.4) is 0 Å². The van der Waals surface area contributed by atoms with Crippen molar-refractivity contribution in [1.82, 2.24) is 0 Å². The van der Waals surface area contributed by atoms with Crippen LogP contribution in [0.1, 0.15) is 0 Å². The van der Waals surface area contributed by atoms with Crippen molar-refractivity contribution in [2.24, 2.45) is 0 Å². The molecular weight excluding hydrogens is 328 g/mol. The third kappa shape index (κ3) is 0.598. The molecule has 9 heteroatoms. The predicted molar refractivity (Wildman–Crippen MR) is 47.0 cm³/mol. The summed E-state index contributed by atoms with van der Waals surface area (Å²) >= 11 is -7.34. The van der Waals surface area contributed by atoms with Gasteiger partial charge >= 0.3 is 79.4 Å². The first-order valence-electron chi connectivity index (χ1n) is 3.33. The summed E-state index contributed by atoms with van der Waals surface area (Å²) in [5.74, 6) is 0. The minimum atomic E-state index is -7.34. The van der Waals surface area contributed by atoms with Crippen LogP contribution in [0, 0.1) is 0 Å². The minimum absolute atomic E-state index is 0.316. The van der Waals surface area contributed by atoms with Gasteiger partial charge in [0.15, 0.2) is 0 Å². The fourth-order valence-corrected chi connectivity index (χ4v) is 11.1. The molecule has 0 saturated carbocycles. The molecule has 1 rings (SSSR count). The van der Waals surface area contributed by atoms with Crippen molar-refractivity contribution >= 4 is 31.5 Å². The Kier molecular flexibility index (Phi) is 1.65. The summed E-state index contributed by atoms with van der Waals surface area (Å²) in [7, 11) is 0. The van der Waals surface area contributed by atoms with Crippen LogP contribution in [0.25, 0.3) is 0 Å². The fraction of sp³-hybridized carbons (Fsp3) is 0. The van der Waals surface area contributed by atoms with Gasteiger partial charge in [0.2, 0.25) is 0 Å². The van der Waals surface area contributed by atoms with Crippen LogP contribution in [-0.2, 0) is 0 Å². The molecule has 0 aliphatic carbocycles. The summed E-state index contributed by atoms with van der Waals surface area (Å²) < 4.78 is -8.57. The maximum atomic E-state index is 10.9. The molecule has 4 N–H and O–H groups in total. The quantitative estimate of drug-likeness (QED) is 0.557. The molecule has 0 unspecified atom stereocenters. The van der Waals surface area contributed by atoms with Gasteiger partial charge in [-0.15, -0.1) is 0 Å². The van der Waals surface area contributed by atoms with E-state index in [4.69, 9.17) is 20.4 Å². The summed E-state index contributed by atoms with van der Waals surface area (Å²) in [4.78, 5) is 43.7. The first-order valence-corrected chi connectivity index (χ1v) is 10.7. The SMILES string of the molecule is O=C(O)[Te]1(C(=O)O)(C(=O)O)(C(=O)O)C=C1. The van der Waals surface area contributed by atoms with Gasteiger partial charge in [-0.2, -0.15) is 0 Å². The van der Waals surface area contributed by atoms with E-state index in [1.807, 2.05) is 0 Å². The Hall–Kier alpha value is -1.59. The van der Waals surface area contributed by atoms with Crippen molar-refractivity contribution in [2.75, 3.05) is 0 Å². The normalized spacial score (nSPS) is 27.2. The molecule has 0 amide bonds. The van der Waals surface area contributed by atoms with Crippen molar-refractivity contribution in [2.45, 2.75) is 0 Å². The van der Waals surface area contributed by atoms with E-state index in [0.717, 1.165) is 0 Å². The zero-order chi connectivity index (χ0) is 12.1. The molecule has 15 heavy (non-hydrogen) atoms. The Morgan fingerprint density at radius 3 is 0.867 bits per heavy atom. The molecule has 0 aromatic heterocycles. The van der Waals surface area contributed by atoms with Gasteiger partial charge in [0, 0.05) is 0 Å². The van der Waals surface area contributed by atoms with Crippen molar-refractivity contribution in [3.8, 4) is 0 Å². The van der Waals surface area contributed by atoms with Gasteiger partial charge in [0.25, 0.3) is 0 Å². The Morgan fingerprint density at radius 1 is 0.667 bits per heavy atom. The zero-order valence-corrected chi connectivity index (χ0v) is 9.32. The average molecular weight is 334 g/mol. The third-order valence-corrected chi connectivity index (χ3v) is 17.0. The molecule has 0 saturated heterocycles. The number of hydrogen-bond acceptors (Lipinski definition) is 4. The Labute approximate surface area is 79.6 Å². The number of rotatable bonds is 4. The molecule has 1 heterocycles. The fourth-order valence-electron chi connectivity index (χ4n) is 1.02. The van der Waals surface area contributed by atoms with E-state index in [1.54, 1.807) is 0 Å². The standard InChI is InChI=1S/C6H6O8Te/c7-3(8)15(1-2-15,4(9)10,5(11)12)6(13)14/h1-2H,(H,7,8)(H,9,10)(H,11,12)(H,13,14). The second-order valence-corrected chi connectivity index (χ2v) is 18.2.